The van der Waals surface area contributed by atoms with E-state index in [1.165, 1.54) is 6.07 Å². The summed E-state index contributed by atoms with van der Waals surface area (Å²) in [6.45, 7) is 1.99. The number of hydrogen-bond donors (Lipinski definition) is 2. The Morgan fingerprint density at radius 3 is 2.94 bits per heavy atom. The van der Waals surface area contributed by atoms with Gasteiger partial charge in [-0.25, -0.2) is 4.79 Å². The van der Waals surface area contributed by atoms with Gasteiger partial charge in [-0.3, -0.25) is 0 Å². The maximum Gasteiger partial charge on any atom is 0.371 e. The third kappa shape index (κ3) is 2.97. The molecule has 0 spiro atoms. The van der Waals surface area contributed by atoms with Gasteiger partial charge in [-0.15, -0.1) is 0 Å². The summed E-state index contributed by atoms with van der Waals surface area (Å²) in [6, 6.07) is 3.71. The van der Waals surface area contributed by atoms with E-state index >= 15 is 0 Å². The van der Waals surface area contributed by atoms with Crippen LogP contribution in [0.3, 0.4) is 0 Å². The molecule has 1 aliphatic rings. The summed E-state index contributed by atoms with van der Waals surface area (Å²) in [6.07, 6.45) is 7.62. The van der Waals surface area contributed by atoms with Gasteiger partial charge in [0, 0.05) is 6.04 Å². The van der Waals surface area contributed by atoms with Gasteiger partial charge in [0.15, 0.2) is 0 Å². The second-order valence-electron chi connectivity index (χ2n) is 4.38. The number of hydrogen-bond acceptors (Lipinski definition) is 3. The van der Waals surface area contributed by atoms with Crippen LogP contribution in [-0.2, 0) is 0 Å². The molecule has 0 bridgehead atoms. The van der Waals surface area contributed by atoms with Gasteiger partial charge in [0.2, 0.25) is 5.76 Å². The molecule has 2 atom stereocenters. The largest absolute Gasteiger partial charge is 0.475 e. The Hall–Kier alpha value is -1.55. The van der Waals surface area contributed by atoms with Crippen LogP contribution in [0.4, 0.5) is 0 Å². The number of aromatic carboxylic acids is 1. The van der Waals surface area contributed by atoms with Crippen molar-refractivity contribution < 1.29 is 14.3 Å². The van der Waals surface area contributed by atoms with Gasteiger partial charge < -0.3 is 14.8 Å². The summed E-state index contributed by atoms with van der Waals surface area (Å²) < 4.78 is 5.27. The molecule has 0 saturated heterocycles. The lowest BCUT2D eigenvalue weighted by Crippen LogP contribution is -2.31. The quantitative estimate of drug-likeness (QED) is 0.788. The molecule has 0 saturated carbocycles. The van der Waals surface area contributed by atoms with E-state index in [0.29, 0.717) is 11.8 Å². The standard InChI is InChI=1S/C13H17NO3/c1-9(14-10-5-3-2-4-6-10)11-7-8-12(17-11)13(15)16/h2-3,7-10,14H,4-6H2,1H3,(H,15,16). The molecule has 1 aromatic heterocycles. The second-order valence-corrected chi connectivity index (χ2v) is 4.38. The fourth-order valence-electron chi connectivity index (χ4n) is 2.08. The molecule has 17 heavy (non-hydrogen) atoms. The summed E-state index contributed by atoms with van der Waals surface area (Å²) >= 11 is 0. The minimum Gasteiger partial charge on any atom is -0.475 e. The fraction of sp³-hybridized carbons (Fsp3) is 0.462. The first kappa shape index (κ1) is 11.9. The molecular weight excluding hydrogens is 218 g/mol. The molecule has 0 aromatic carbocycles. The van der Waals surface area contributed by atoms with Crippen LogP contribution < -0.4 is 5.32 Å². The molecule has 2 N–H and O–H groups in total. The Morgan fingerprint density at radius 2 is 2.35 bits per heavy atom. The van der Waals surface area contributed by atoms with Crippen molar-refractivity contribution in [1.29, 1.82) is 0 Å². The van der Waals surface area contributed by atoms with E-state index in [4.69, 9.17) is 9.52 Å². The Labute approximate surface area is 100 Å². The molecule has 1 aliphatic carbocycles. The molecule has 0 radical (unpaired) electrons. The number of carboxylic acid groups (broad SMARTS) is 1. The van der Waals surface area contributed by atoms with Gasteiger partial charge in [0.05, 0.1) is 6.04 Å². The number of allylic oxidation sites excluding steroid dienone is 1. The molecule has 0 amide bonds. The molecule has 1 heterocycles. The number of furan rings is 1. The maximum atomic E-state index is 10.7. The molecule has 2 unspecified atom stereocenters. The van der Waals surface area contributed by atoms with E-state index in [2.05, 4.69) is 17.5 Å². The van der Waals surface area contributed by atoms with Crippen LogP contribution in [0.1, 0.15) is 48.5 Å². The average Bonchev–Trinajstić information content (AvgIpc) is 2.79. The van der Waals surface area contributed by atoms with Crippen LogP contribution >= 0.6 is 0 Å². The maximum absolute atomic E-state index is 10.7. The second kappa shape index (κ2) is 5.19. The minimum atomic E-state index is -1.02. The van der Waals surface area contributed by atoms with E-state index in [1.54, 1.807) is 6.07 Å². The number of carbonyl (C=O) groups is 1. The summed E-state index contributed by atoms with van der Waals surface area (Å²) in [5, 5.41) is 12.2. The third-order valence-corrected chi connectivity index (χ3v) is 3.02. The fourth-order valence-corrected chi connectivity index (χ4v) is 2.08. The lowest BCUT2D eigenvalue weighted by molar-refractivity contribution is 0.0659. The van der Waals surface area contributed by atoms with Crippen LogP contribution in [0.5, 0.6) is 0 Å². The van der Waals surface area contributed by atoms with Crippen molar-refractivity contribution in [2.24, 2.45) is 0 Å². The Kier molecular flexibility index (Phi) is 3.64. The van der Waals surface area contributed by atoms with Crippen molar-refractivity contribution in [1.82, 2.24) is 5.32 Å². The first-order chi connectivity index (χ1) is 8.16. The molecule has 4 heteroatoms. The van der Waals surface area contributed by atoms with Crippen molar-refractivity contribution in [3.8, 4) is 0 Å². The predicted octanol–water partition coefficient (Wildman–Crippen LogP) is 2.74. The van der Waals surface area contributed by atoms with Gasteiger partial charge in [-0.1, -0.05) is 12.2 Å². The first-order valence-corrected chi connectivity index (χ1v) is 5.91. The lowest BCUT2D eigenvalue weighted by Gasteiger charge is -2.22. The molecule has 1 aromatic rings. The van der Waals surface area contributed by atoms with Crippen LogP contribution in [0.25, 0.3) is 0 Å². The molecule has 4 nitrogen and oxygen atoms in total. The highest BCUT2D eigenvalue weighted by atomic mass is 16.4. The molecular formula is C13H17NO3. The van der Waals surface area contributed by atoms with Crippen LogP contribution in [-0.4, -0.2) is 17.1 Å². The zero-order valence-electron chi connectivity index (χ0n) is 9.85. The van der Waals surface area contributed by atoms with E-state index in [-0.39, 0.29) is 11.8 Å². The van der Waals surface area contributed by atoms with Crippen molar-refractivity contribution in [3.63, 3.8) is 0 Å². The predicted molar refractivity (Wildman–Crippen MR) is 64.0 cm³/mol. The van der Waals surface area contributed by atoms with Gasteiger partial charge in [-0.2, -0.15) is 0 Å². The Morgan fingerprint density at radius 1 is 1.53 bits per heavy atom. The SMILES string of the molecule is CC(NC1CC=CCC1)c1ccc(C(=O)O)o1. The minimum absolute atomic E-state index is 0.00260. The lowest BCUT2D eigenvalue weighted by atomic mass is 10.0. The summed E-state index contributed by atoms with van der Waals surface area (Å²) in [4.78, 5) is 10.7. The number of rotatable bonds is 4. The molecule has 2 rings (SSSR count). The summed E-state index contributed by atoms with van der Waals surface area (Å²) in [7, 11) is 0. The summed E-state index contributed by atoms with van der Waals surface area (Å²) in [5.41, 5.74) is 0. The van der Waals surface area contributed by atoms with Crippen molar-refractivity contribution >= 4 is 5.97 Å². The van der Waals surface area contributed by atoms with E-state index in [1.807, 2.05) is 6.92 Å². The highest BCUT2D eigenvalue weighted by molar-refractivity contribution is 5.84. The molecule has 0 fully saturated rings. The Balaban J connectivity index is 1.96. The smallest absolute Gasteiger partial charge is 0.371 e. The number of nitrogens with one attached hydrogen (secondary N) is 1. The van der Waals surface area contributed by atoms with E-state index < -0.39 is 5.97 Å². The number of carboxylic acids is 1. The van der Waals surface area contributed by atoms with Crippen LogP contribution in [0.15, 0.2) is 28.7 Å². The van der Waals surface area contributed by atoms with Gasteiger partial charge in [0.25, 0.3) is 0 Å². The zero-order valence-corrected chi connectivity index (χ0v) is 9.85. The van der Waals surface area contributed by atoms with E-state index in [9.17, 15) is 4.79 Å². The molecule has 92 valence electrons. The van der Waals surface area contributed by atoms with Crippen LogP contribution in [0, 0.1) is 0 Å². The van der Waals surface area contributed by atoms with Crippen LogP contribution in [0.2, 0.25) is 0 Å². The first-order valence-electron chi connectivity index (χ1n) is 5.91. The van der Waals surface area contributed by atoms with E-state index in [0.717, 1.165) is 19.3 Å². The topological polar surface area (TPSA) is 62.5 Å². The Bertz CT molecular complexity index is 422. The van der Waals surface area contributed by atoms with Gasteiger partial charge in [0.1, 0.15) is 5.76 Å². The van der Waals surface area contributed by atoms with Crippen molar-refractivity contribution in [2.45, 2.75) is 38.3 Å². The van der Waals surface area contributed by atoms with Gasteiger partial charge >= 0.3 is 5.97 Å². The van der Waals surface area contributed by atoms with Gasteiger partial charge in [-0.05, 0) is 38.3 Å². The monoisotopic (exact) mass is 235 g/mol. The highest BCUT2D eigenvalue weighted by Crippen LogP contribution is 2.20. The highest BCUT2D eigenvalue weighted by Gasteiger charge is 2.17. The normalized spacial score (nSPS) is 21.4. The average molecular weight is 235 g/mol. The third-order valence-electron chi connectivity index (χ3n) is 3.02. The van der Waals surface area contributed by atoms with Crippen molar-refractivity contribution in [2.75, 3.05) is 0 Å². The zero-order chi connectivity index (χ0) is 12.3. The summed E-state index contributed by atoms with van der Waals surface area (Å²) in [5.74, 6) is -0.349. The van der Waals surface area contributed by atoms with Crippen molar-refractivity contribution in [3.05, 3.63) is 35.8 Å². The molecule has 0 aliphatic heterocycles.